The molecule has 2 heterocycles. The van der Waals surface area contributed by atoms with Crippen LogP contribution in [-0.4, -0.2) is 38.2 Å². The van der Waals surface area contributed by atoms with Crippen LogP contribution in [-0.2, 0) is 11.3 Å². The van der Waals surface area contributed by atoms with Gasteiger partial charge in [-0.05, 0) is 26.3 Å². The van der Waals surface area contributed by atoms with Crippen molar-refractivity contribution in [1.82, 2.24) is 15.0 Å². The van der Waals surface area contributed by atoms with Gasteiger partial charge in [-0.3, -0.25) is 9.69 Å². The van der Waals surface area contributed by atoms with Crippen molar-refractivity contribution in [3.63, 3.8) is 0 Å². The van der Waals surface area contributed by atoms with Crippen molar-refractivity contribution in [1.29, 1.82) is 0 Å². The van der Waals surface area contributed by atoms with Gasteiger partial charge in [0.05, 0.1) is 6.54 Å². The average Bonchev–Trinajstić information content (AvgIpc) is 2.78. The quantitative estimate of drug-likeness (QED) is 0.784. The molecule has 6 nitrogen and oxygen atoms in total. The van der Waals surface area contributed by atoms with Crippen LogP contribution in [0.15, 0.2) is 10.9 Å². The van der Waals surface area contributed by atoms with Crippen LogP contribution < -0.4 is 0 Å². The Bertz CT molecular complexity index is 351. The minimum atomic E-state index is -0.797. The summed E-state index contributed by atoms with van der Waals surface area (Å²) in [5, 5.41) is 12.7. The van der Waals surface area contributed by atoms with Gasteiger partial charge in [-0.2, -0.15) is 4.98 Å². The van der Waals surface area contributed by atoms with Crippen LogP contribution in [0.3, 0.4) is 0 Å². The molecule has 0 aliphatic carbocycles. The van der Waals surface area contributed by atoms with Crippen molar-refractivity contribution < 1.29 is 14.4 Å². The molecule has 1 aromatic rings. The predicted molar refractivity (Wildman–Crippen MR) is 50.0 cm³/mol. The van der Waals surface area contributed by atoms with Crippen LogP contribution in [0.4, 0.5) is 0 Å². The molecule has 0 aromatic carbocycles. The van der Waals surface area contributed by atoms with Gasteiger partial charge in [0.15, 0.2) is 6.33 Å². The molecule has 1 aliphatic heterocycles. The first kappa shape index (κ1) is 10.1. The molecule has 1 saturated heterocycles. The van der Waals surface area contributed by atoms with Gasteiger partial charge in [-0.15, -0.1) is 0 Å². The van der Waals surface area contributed by atoms with Crippen LogP contribution in [0.5, 0.6) is 0 Å². The molecule has 82 valence electrons. The highest BCUT2D eigenvalue weighted by atomic mass is 16.5. The summed E-state index contributed by atoms with van der Waals surface area (Å²) in [5.74, 6) is -0.330. The molecule has 2 rings (SSSR count). The maximum atomic E-state index is 11.2. The third-order valence-corrected chi connectivity index (χ3v) is 2.98. The van der Waals surface area contributed by atoms with Crippen molar-refractivity contribution >= 4 is 5.97 Å². The average molecular weight is 211 g/mol. The van der Waals surface area contributed by atoms with E-state index in [1.165, 1.54) is 6.33 Å². The van der Waals surface area contributed by atoms with Gasteiger partial charge in [0.25, 0.3) is 0 Å². The molecule has 0 bridgehead atoms. The van der Waals surface area contributed by atoms with Crippen LogP contribution in [0, 0.1) is 0 Å². The number of hydrogen-bond acceptors (Lipinski definition) is 5. The molecular weight excluding hydrogens is 198 g/mol. The lowest BCUT2D eigenvalue weighted by Gasteiger charge is -2.29. The summed E-state index contributed by atoms with van der Waals surface area (Å²) in [6.45, 7) is 2.90. The molecule has 1 atom stereocenters. The van der Waals surface area contributed by atoms with Gasteiger partial charge in [-0.1, -0.05) is 5.16 Å². The van der Waals surface area contributed by atoms with Crippen LogP contribution in [0.2, 0.25) is 0 Å². The van der Waals surface area contributed by atoms with Crippen LogP contribution in [0.25, 0.3) is 0 Å². The van der Waals surface area contributed by atoms with Gasteiger partial charge in [-0.25, -0.2) is 0 Å². The lowest BCUT2D eigenvalue weighted by atomic mass is 9.99. The lowest BCUT2D eigenvalue weighted by Crippen LogP contribution is -2.47. The van der Waals surface area contributed by atoms with E-state index < -0.39 is 11.5 Å². The largest absolute Gasteiger partial charge is 0.480 e. The molecule has 0 radical (unpaired) electrons. The fourth-order valence-electron chi connectivity index (χ4n) is 1.94. The Hall–Kier alpha value is -1.43. The van der Waals surface area contributed by atoms with Gasteiger partial charge < -0.3 is 9.63 Å². The summed E-state index contributed by atoms with van der Waals surface area (Å²) in [5.41, 5.74) is -0.797. The number of carbonyl (C=O) groups is 1. The monoisotopic (exact) mass is 211 g/mol. The fraction of sp³-hybridized carbons (Fsp3) is 0.667. The van der Waals surface area contributed by atoms with E-state index in [-0.39, 0.29) is 0 Å². The van der Waals surface area contributed by atoms with Crippen molar-refractivity contribution in [3.8, 4) is 0 Å². The summed E-state index contributed by atoms with van der Waals surface area (Å²) >= 11 is 0. The highest BCUT2D eigenvalue weighted by Crippen LogP contribution is 2.30. The SMILES string of the molecule is CC1(C(=O)O)CCCN1Cc1ncno1. The molecule has 1 unspecified atom stereocenters. The van der Waals surface area contributed by atoms with Crippen LogP contribution in [0.1, 0.15) is 25.7 Å². The Morgan fingerprint density at radius 3 is 3.20 bits per heavy atom. The molecular formula is C9H13N3O3. The second-order valence-corrected chi connectivity index (χ2v) is 3.94. The Kier molecular flexibility index (Phi) is 2.44. The molecule has 15 heavy (non-hydrogen) atoms. The number of aliphatic carboxylic acids is 1. The van der Waals surface area contributed by atoms with E-state index in [1.54, 1.807) is 6.92 Å². The third-order valence-electron chi connectivity index (χ3n) is 2.98. The molecule has 1 aliphatic rings. The van der Waals surface area contributed by atoms with Gasteiger partial charge in [0.2, 0.25) is 5.89 Å². The summed E-state index contributed by atoms with van der Waals surface area (Å²) in [7, 11) is 0. The van der Waals surface area contributed by atoms with Crippen molar-refractivity contribution in [2.45, 2.75) is 31.8 Å². The van der Waals surface area contributed by atoms with E-state index >= 15 is 0 Å². The van der Waals surface area contributed by atoms with Crippen molar-refractivity contribution in [2.24, 2.45) is 0 Å². The van der Waals surface area contributed by atoms with Gasteiger partial charge >= 0.3 is 5.97 Å². The van der Waals surface area contributed by atoms with Crippen molar-refractivity contribution in [3.05, 3.63) is 12.2 Å². The zero-order valence-electron chi connectivity index (χ0n) is 8.51. The second-order valence-electron chi connectivity index (χ2n) is 3.94. The molecule has 0 saturated carbocycles. The van der Waals surface area contributed by atoms with E-state index in [0.29, 0.717) is 18.9 Å². The molecule has 1 aromatic heterocycles. The highest BCUT2D eigenvalue weighted by Gasteiger charge is 2.43. The Labute approximate surface area is 86.9 Å². The summed E-state index contributed by atoms with van der Waals surface area (Å²) in [6, 6.07) is 0. The summed E-state index contributed by atoms with van der Waals surface area (Å²) < 4.78 is 4.87. The van der Waals surface area contributed by atoms with E-state index in [1.807, 2.05) is 4.90 Å². The Balaban J connectivity index is 2.12. The zero-order valence-corrected chi connectivity index (χ0v) is 8.51. The number of aromatic nitrogens is 2. The van der Waals surface area contributed by atoms with E-state index in [0.717, 1.165) is 13.0 Å². The first-order valence-corrected chi connectivity index (χ1v) is 4.87. The first-order valence-electron chi connectivity index (χ1n) is 4.87. The third kappa shape index (κ3) is 1.72. The normalized spacial score (nSPS) is 27.0. The Morgan fingerprint density at radius 1 is 1.80 bits per heavy atom. The summed E-state index contributed by atoms with van der Waals surface area (Å²) in [6.07, 6.45) is 2.87. The number of hydrogen-bond donors (Lipinski definition) is 1. The topological polar surface area (TPSA) is 79.5 Å². The highest BCUT2D eigenvalue weighted by molar-refractivity contribution is 5.78. The lowest BCUT2D eigenvalue weighted by molar-refractivity contribution is -0.149. The minimum absolute atomic E-state index is 0.406. The molecule has 0 amide bonds. The number of nitrogens with zero attached hydrogens (tertiary/aromatic N) is 3. The number of rotatable bonds is 3. The second kappa shape index (κ2) is 3.62. The van der Waals surface area contributed by atoms with E-state index in [2.05, 4.69) is 10.1 Å². The Morgan fingerprint density at radius 2 is 2.60 bits per heavy atom. The molecule has 6 heteroatoms. The molecule has 1 N–H and O–H groups in total. The van der Waals surface area contributed by atoms with Crippen molar-refractivity contribution in [2.75, 3.05) is 6.54 Å². The molecule has 1 fully saturated rings. The summed E-state index contributed by atoms with van der Waals surface area (Å²) in [4.78, 5) is 16.9. The maximum Gasteiger partial charge on any atom is 0.323 e. The first-order chi connectivity index (χ1) is 7.13. The maximum absolute atomic E-state index is 11.2. The van der Waals surface area contributed by atoms with Crippen LogP contribution >= 0.6 is 0 Å². The zero-order chi connectivity index (χ0) is 10.9. The predicted octanol–water partition coefficient (Wildman–Crippen LogP) is 0.509. The smallest absolute Gasteiger partial charge is 0.323 e. The minimum Gasteiger partial charge on any atom is -0.480 e. The van der Waals surface area contributed by atoms with Gasteiger partial charge in [0, 0.05) is 0 Å². The fourth-order valence-corrected chi connectivity index (χ4v) is 1.94. The van der Waals surface area contributed by atoms with E-state index in [9.17, 15) is 4.79 Å². The number of likely N-dealkylation sites (tertiary alicyclic amines) is 1. The number of carboxylic acid groups (broad SMARTS) is 1. The van der Waals surface area contributed by atoms with Gasteiger partial charge in [0.1, 0.15) is 5.54 Å². The standard InChI is InChI=1S/C9H13N3O3/c1-9(8(13)14)3-2-4-12(9)5-7-10-6-11-15-7/h6H,2-5H2,1H3,(H,13,14). The number of carboxylic acids is 1. The van der Waals surface area contributed by atoms with E-state index in [4.69, 9.17) is 9.63 Å². The molecule has 0 spiro atoms.